The highest BCUT2D eigenvalue weighted by Gasteiger charge is 2.18. The summed E-state index contributed by atoms with van der Waals surface area (Å²) >= 11 is 0. The van der Waals surface area contributed by atoms with Gasteiger partial charge in [0.1, 0.15) is 0 Å². The van der Waals surface area contributed by atoms with Crippen LogP contribution in [0.5, 0.6) is 0 Å². The molecule has 0 aliphatic heterocycles. The van der Waals surface area contributed by atoms with Crippen molar-refractivity contribution in [3.05, 3.63) is 34.9 Å². The Kier molecular flexibility index (Phi) is 2.83. The summed E-state index contributed by atoms with van der Waals surface area (Å²) in [6.07, 6.45) is 0. The number of aliphatic hydroxyl groups is 1. The normalized spacial score (nSPS) is 9.79. The SMILES string of the molecule is O=C(O)c1cccc(CO)c1C(=O)O. The summed E-state index contributed by atoms with van der Waals surface area (Å²) in [4.78, 5) is 21.4. The largest absolute Gasteiger partial charge is 0.478 e. The highest BCUT2D eigenvalue weighted by molar-refractivity contribution is 6.02. The Morgan fingerprint density at radius 1 is 1.14 bits per heavy atom. The van der Waals surface area contributed by atoms with Gasteiger partial charge in [-0.1, -0.05) is 12.1 Å². The standard InChI is InChI=1S/C9H8O5/c10-4-5-2-1-3-6(8(11)12)7(5)9(13)14/h1-3,10H,4H2,(H,11,12)(H,13,14). The van der Waals surface area contributed by atoms with Crippen LogP contribution in [0.25, 0.3) is 0 Å². The van der Waals surface area contributed by atoms with Gasteiger partial charge in [-0.2, -0.15) is 0 Å². The molecule has 0 radical (unpaired) electrons. The molecule has 0 aromatic heterocycles. The van der Waals surface area contributed by atoms with E-state index in [1.54, 1.807) is 0 Å². The van der Waals surface area contributed by atoms with Gasteiger partial charge < -0.3 is 15.3 Å². The molecule has 5 nitrogen and oxygen atoms in total. The molecule has 0 unspecified atom stereocenters. The molecule has 0 spiro atoms. The third-order valence-corrected chi connectivity index (χ3v) is 1.77. The zero-order valence-electron chi connectivity index (χ0n) is 7.10. The van der Waals surface area contributed by atoms with Crippen LogP contribution in [0.4, 0.5) is 0 Å². The molecule has 0 aliphatic rings. The first-order valence-electron chi connectivity index (χ1n) is 3.77. The first kappa shape index (κ1) is 10.2. The Bertz CT molecular complexity index is 383. The number of rotatable bonds is 3. The van der Waals surface area contributed by atoms with E-state index in [0.29, 0.717) is 0 Å². The highest BCUT2D eigenvalue weighted by Crippen LogP contribution is 2.15. The lowest BCUT2D eigenvalue weighted by Gasteiger charge is -2.05. The molecule has 0 atom stereocenters. The molecular weight excluding hydrogens is 188 g/mol. The monoisotopic (exact) mass is 196 g/mol. The maximum atomic E-state index is 10.7. The molecule has 0 saturated heterocycles. The predicted octanol–water partition coefficient (Wildman–Crippen LogP) is 0.575. The molecule has 0 amide bonds. The van der Waals surface area contributed by atoms with Crippen LogP contribution >= 0.6 is 0 Å². The van der Waals surface area contributed by atoms with Crippen molar-refractivity contribution in [2.24, 2.45) is 0 Å². The van der Waals surface area contributed by atoms with Crippen molar-refractivity contribution in [1.29, 1.82) is 0 Å². The lowest BCUT2D eigenvalue weighted by atomic mass is 10.0. The molecular formula is C9H8O5. The zero-order valence-corrected chi connectivity index (χ0v) is 7.10. The molecule has 1 rings (SSSR count). The van der Waals surface area contributed by atoms with Crippen molar-refractivity contribution in [2.75, 3.05) is 0 Å². The fourth-order valence-electron chi connectivity index (χ4n) is 1.16. The molecule has 14 heavy (non-hydrogen) atoms. The Balaban J connectivity index is 3.43. The van der Waals surface area contributed by atoms with Crippen LogP contribution < -0.4 is 0 Å². The van der Waals surface area contributed by atoms with Crippen molar-refractivity contribution in [2.45, 2.75) is 6.61 Å². The second kappa shape index (κ2) is 3.89. The van der Waals surface area contributed by atoms with Gasteiger partial charge in [-0.15, -0.1) is 0 Å². The molecule has 3 N–H and O–H groups in total. The topological polar surface area (TPSA) is 94.8 Å². The van der Waals surface area contributed by atoms with E-state index in [4.69, 9.17) is 15.3 Å². The van der Waals surface area contributed by atoms with Gasteiger partial charge in [-0.25, -0.2) is 9.59 Å². The lowest BCUT2D eigenvalue weighted by molar-refractivity contribution is 0.0649. The van der Waals surface area contributed by atoms with Crippen LogP contribution in [0.3, 0.4) is 0 Å². The van der Waals surface area contributed by atoms with Gasteiger partial charge in [0, 0.05) is 0 Å². The molecule has 0 fully saturated rings. The smallest absolute Gasteiger partial charge is 0.336 e. The number of carboxylic acid groups (broad SMARTS) is 2. The predicted molar refractivity (Wildman–Crippen MR) is 46.3 cm³/mol. The van der Waals surface area contributed by atoms with Crippen LogP contribution in [0, 0.1) is 0 Å². The molecule has 0 bridgehead atoms. The molecule has 74 valence electrons. The van der Waals surface area contributed by atoms with E-state index in [9.17, 15) is 9.59 Å². The van der Waals surface area contributed by atoms with Crippen LogP contribution in [-0.4, -0.2) is 27.3 Å². The summed E-state index contributed by atoms with van der Waals surface area (Å²) in [7, 11) is 0. The molecule has 0 heterocycles. The minimum atomic E-state index is -1.35. The Hall–Kier alpha value is -1.88. The van der Waals surface area contributed by atoms with Gasteiger partial charge in [0.15, 0.2) is 0 Å². The summed E-state index contributed by atoms with van der Waals surface area (Å²) in [5, 5.41) is 26.3. The van der Waals surface area contributed by atoms with Gasteiger partial charge >= 0.3 is 11.9 Å². The number of hydrogen-bond donors (Lipinski definition) is 3. The maximum Gasteiger partial charge on any atom is 0.336 e. The fourth-order valence-corrected chi connectivity index (χ4v) is 1.16. The van der Waals surface area contributed by atoms with Crippen molar-refractivity contribution < 1.29 is 24.9 Å². The van der Waals surface area contributed by atoms with E-state index in [1.807, 2.05) is 0 Å². The Morgan fingerprint density at radius 2 is 1.79 bits per heavy atom. The van der Waals surface area contributed by atoms with E-state index >= 15 is 0 Å². The second-order valence-corrected chi connectivity index (χ2v) is 2.61. The van der Waals surface area contributed by atoms with Crippen LogP contribution in [-0.2, 0) is 6.61 Å². The summed E-state index contributed by atoms with van der Waals surface area (Å²) in [5.41, 5.74) is -0.580. The van der Waals surface area contributed by atoms with E-state index in [-0.39, 0.29) is 16.7 Å². The number of carboxylic acids is 2. The van der Waals surface area contributed by atoms with Crippen LogP contribution in [0.15, 0.2) is 18.2 Å². The van der Waals surface area contributed by atoms with Gasteiger partial charge in [-0.05, 0) is 11.6 Å². The fraction of sp³-hybridized carbons (Fsp3) is 0.111. The third kappa shape index (κ3) is 1.72. The first-order valence-corrected chi connectivity index (χ1v) is 3.77. The summed E-state index contributed by atoms with van der Waals surface area (Å²) < 4.78 is 0. The quantitative estimate of drug-likeness (QED) is 0.657. The summed E-state index contributed by atoms with van der Waals surface area (Å²) in [6.45, 7) is -0.497. The first-order chi connectivity index (χ1) is 6.57. The van der Waals surface area contributed by atoms with E-state index in [1.165, 1.54) is 18.2 Å². The molecule has 1 aromatic rings. The number of carbonyl (C=O) groups is 2. The maximum absolute atomic E-state index is 10.7. The minimum absolute atomic E-state index is 0.0948. The van der Waals surface area contributed by atoms with Crippen molar-refractivity contribution in [3.8, 4) is 0 Å². The van der Waals surface area contributed by atoms with Gasteiger partial charge in [-0.3, -0.25) is 0 Å². The van der Waals surface area contributed by atoms with Crippen molar-refractivity contribution >= 4 is 11.9 Å². The van der Waals surface area contributed by atoms with Crippen LogP contribution in [0.1, 0.15) is 26.3 Å². The average Bonchev–Trinajstić information content (AvgIpc) is 2.16. The Morgan fingerprint density at radius 3 is 2.21 bits per heavy atom. The second-order valence-electron chi connectivity index (χ2n) is 2.61. The molecule has 5 heteroatoms. The van der Waals surface area contributed by atoms with Crippen LogP contribution in [0.2, 0.25) is 0 Å². The van der Waals surface area contributed by atoms with Crippen molar-refractivity contribution in [3.63, 3.8) is 0 Å². The molecule has 0 aliphatic carbocycles. The lowest BCUT2D eigenvalue weighted by Crippen LogP contribution is -2.11. The number of aliphatic hydroxyl groups excluding tert-OH is 1. The van der Waals surface area contributed by atoms with E-state index < -0.39 is 18.5 Å². The molecule has 1 aromatic carbocycles. The number of aromatic carboxylic acids is 2. The number of benzene rings is 1. The molecule has 0 saturated carbocycles. The van der Waals surface area contributed by atoms with E-state index in [0.717, 1.165) is 0 Å². The average molecular weight is 196 g/mol. The zero-order chi connectivity index (χ0) is 10.7. The number of hydrogen-bond acceptors (Lipinski definition) is 3. The summed E-state index contributed by atoms with van der Waals surface area (Å²) in [6, 6.07) is 3.95. The van der Waals surface area contributed by atoms with E-state index in [2.05, 4.69) is 0 Å². The summed E-state index contributed by atoms with van der Waals surface area (Å²) in [5.74, 6) is -2.68. The minimum Gasteiger partial charge on any atom is -0.478 e. The Labute approximate surface area is 79.2 Å². The van der Waals surface area contributed by atoms with Gasteiger partial charge in [0.25, 0.3) is 0 Å². The van der Waals surface area contributed by atoms with Crippen molar-refractivity contribution in [1.82, 2.24) is 0 Å². The van der Waals surface area contributed by atoms with Gasteiger partial charge in [0.2, 0.25) is 0 Å². The highest BCUT2D eigenvalue weighted by atomic mass is 16.4. The van der Waals surface area contributed by atoms with Gasteiger partial charge in [0.05, 0.1) is 17.7 Å². The third-order valence-electron chi connectivity index (χ3n) is 1.77.